The SMILES string of the molecule is Cc1ccc2c(c1)C(CCN)CC21CCC1. The smallest absolute Gasteiger partial charge is 0.00383 e. The molecule has 2 aliphatic carbocycles. The van der Waals surface area contributed by atoms with E-state index in [4.69, 9.17) is 5.73 Å². The third kappa shape index (κ3) is 1.34. The normalized spacial score (nSPS) is 25.5. The molecule has 0 bridgehead atoms. The summed E-state index contributed by atoms with van der Waals surface area (Å²) >= 11 is 0. The van der Waals surface area contributed by atoms with E-state index in [0.29, 0.717) is 5.41 Å². The first-order valence-electron chi connectivity index (χ1n) is 6.56. The summed E-state index contributed by atoms with van der Waals surface area (Å²) in [5, 5.41) is 0. The van der Waals surface area contributed by atoms with Crippen LogP contribution < -0.4 is 5.73 Å². The Morgan fingerprint density at radius 1 is 1.38 bits per heavy atom. The topological polar surface area (TPSA) is 26.0 Å². The van der Waals surface area contributed by atoms with Crippen LogP contribution >= 0.6 is 0 Å². The molecule has 1 aromatic carbocycles. The van der Waals surface area contributed by atoms with Crippen LogP contribution in [0.15, 0.2) is 18.2 Å². The molecule has 2 N–H and O–H groups in total. The van der Waals surface area contributed by atoms with Crippen LogP contribution in [0.5, 0.6) is 0 Å². The molecule has 1 atom stereocenters. The van der Waals surface area contributed by atoms with Crippen molar-refractivity contribution in [2.45, 2.75) is 50.4 Å². The second-order valence-electron chi connectivity index (χ2n) is 5.70. The number of fused-ring (bicyclic) bond motifs is 2. The fourth-order valence-electron chi connectivity index (χ4n) is 3.73. The summed E-state index contributed by atoms with van der Waals surface area (Å²) in [6, 6.07) is 7.08. The van der Waals surface area contributed by atoms with Crippen molar-refractivity contribution in [1.82, 2.24) is 0 Å². The number of benzene rings is 1. The Morgan fingerprint density at radius 2 is 2.19 bits per heavy atom. The fourth-order valence-corrected chi connectivity index (χ4v) is 3.73. The first-order valence-corrected chi connectivity index (χ1v) is 6.56. The van der Waals surface area contributed by atoms with Crippen molar-refractivity contribution in [3.05, 3.63) is 34.9 Å². The van der Waals surface area contributed by atoms with Crippen molar-refractivity contribution in [2.24, 2.45) is 5.73 Å². The molecule has 1 spiro atoms. The van der Waals surface area contributed by atoms with Gasteiger partial charge in [-0.05, 0) is 61.6 Å². The minimum Gasteiger partial charge on any atom is -0.330 e. The molecule has 1 saturated carbocycles. The Kier molecular flexibility index (Phi) is 2.32. The minimum absolute atomic E-state index is 0.558. The highest BCUT2D eigenvalue weighted by molar-refractivity contribution is 5.46. The van der Waals surface area contributed by atoms with Crippen LogP contribution in [-0.2, 0) is 5.41 Å². The van der Waals surface area contributed by atoms with E-state index in [1.54, 1.807) is 11.1 Å². The molecule has 0 aromatic heterocycles. The summed E-state index contributed by atoms with van der Waals surface area (Å²) in [7, 11) is 0. The van der Waals surface area contributed by atoms with E-state index in [9.17, 15) is 0 Å². The average Bonchev–Trinajstić information content (AvgIpc) is 2.53. The molecule has 16 heavy (non-hydrogen) atoms. The summed E-state index contributed by atoms with van der Waals surface area (Å²) in [4.78, 5) is 0. The van der Waals surface area contributed by atoms with E-state index in [2.05, 4.69) is 25.1 Å². The van der Waals surface area contributed by atoms with Crippen molar-refractivity contribution in [2.75, 3.05) is 6.54 Å². The lowest BCUT2D eigenvalue weighted by Gasteiger charge is -2.39. The summed E-state index contributed by atoms with van der Waals surface area (Å²) < 4.78 is 0. The molecule has 0 heterocycles. The zero-order valence-electron chi connectivity index (χ0n) is 10.1. The number of nitrogens with two attached hydrogens (primary N) is 1. The molecule has 0 amide bonds. The summed E-state index contributed by atoms with van der Waals surface area (Å²) in [5.41, 5.74) is 11.0. The monoisotopic (exact) mass is 215 g/mol. The van der Waals surface area contributed by atoms with Crippen LogP contribution in [0.2, 0.25) is 0 Å². The third-order valence-corrected chi connectivity index (χ3v) is 4.68. The molecule has 0 saturated heterocycles. The van der Waals surface area contributed by atoms with Gasteiger partial charge in [0.05, 0.1) is 0 Å². The van der Waals surface area contributed by atoms with Gasteiger partial charge in [-0.1, -0.05) is 30.2 Å². The van der Waals surface area contributed by atoms with Crippen LogP contribution in [0.25, 0.3) is 0 Å². The van der Waals surface area contributed by atoms with Gasteiger partial charge in [0, 0.05) is 0 Å². The Labute approximate surface area is 98.0 Å². The minimum atomic E-state index is 0.558. The van der Waals surface area contributed by atoms with Crippen LogP contribution in [0.1, 0.15) is 54.7 Å². The summed E-state index contributed by atoms with van der Waals surface area (Å²) in [6.07, 6.45) is 6.76. The predicted octanol–water partition coefficient (Wildman–Crippen LogP) is 3.25. The molecule has 86 valence electrons. The predicted molar refractivity (Wildman–Crippen MR) is 67.7 cm³/mol. The molecule has 2 aliphatic rings. The molecule has 1 heteroatoms. The number of hydrogen-bond donors (Lipinski definition) is 1. The molecular weight excluding hydrogens is 194 g/mol. The van der Waals surface area contributed by atoms with Crippen molar-refractivity contribution < 1.29 is 0 Å². The molecule has 1 nitrogen and oxygen atoms in total. The van der Waals surface area contributed by atoms with Gasteiger partial charge in [-0.2, -0.15) is 0 Å². The molecule has 1 fully saturated rings. The fraction of sp³-hybridized carbons (Fsp3) is 0.600. The second kappa shape index (κ2) is 3.59. The van der Waals surface area contributed by atoms with Crippen molar-refractivity contribution in [3.63, 3.8) is 0 Å². The largest absolute Gasteiger partial charge is 0.330 e. The maximum absolute atomic E-state index is 5.75. The highest BCUT2D eigenvalue weighted by Gasteiger charge is 2.46. The van der Waals surface area contributed by atoms with Crippen molar-refractivity contribution in [3.8, 4) is 0 Å². The highest BCUT2D eigenvalue weighted by atomic mass is 14.6. The van der Waals surface area contributed by atoms with Gasteiger partial charge < -0.3 is 5.73 Å². The van der Waals surface area contributed by atoms with Gasteiger partial charge in [-0.25, -0.2) is 0 Å². The first kappa shape index (κ1) is 10.3. The summed E-state index contributed by atoms with van der Waals surface area (Å²) in [5.74, 6) is 0.736. The maximum atomic E-state index is 5.75. The number of rotatable bonds is 2. The van der Waals surface area contributed by atoms with Gasteiger partial charge in [-0.15, -0.1) is 0 Å². The van der Waals surface area contributed by atoms with Gasteiger partial charge in [0.1, 0.15) is 0 Å². The molecule has 1 aromatic rings. The standard InChI is InChI=1S/C15H21N/c1-11-3-4-14-13(9-11)12(5-8-16)10-15(14)6-2-7-15/h3-4,9,12H,2,5-8,10,16H2,1H3. The lowest BCUT2D eigenvalue weighted by atomic mass is 9.65. The molecule has 0 aliphatic heterocycles. The Bertz CT molecular complexity index is 404. The molecular formula is C15H21N. The van der Waals surface area contributed by atoms with Crippen molar-refractivity contribution in [1.29, 1.82) is 0 Å². The van der Waals surface area contributed by atoms with Crippen LogP contribution in [0.3, 0.4) is 0 Å². The Morgan fingerprint density at radius 3 is 2.81 bits per heavy atom. The lowest BCUT2D eigenvalue weighted by Crippen LogP contribution is -2.31. The van der Waals surface area contributed by atoms with E-state index in [1.807, 2.05) is 0 Å². The second-order valence-corrected chi connectivity index (χ2v) is 5.70. The van der Waals surface area contributed by atoms with Crippen LogP contribution in [0, 0.1) is 6.92 Å². The van der Waals surface area contributed by atoms with Crippen LogP contribution in [0.4, 0.5) is 0 Å². The lowest BCUT2D eigenvalue weighted by molar-refractivity contribution is 0.231. The molecule has 3 rings (SSSR count). The van der Waals surface area contributed by atoms with E-state index in [1.165, 1.54) is 31.2 Å². The third-order valence-electron chi connectivity index (χ3n) is 4.68. The van der Waals surface area contributed by atoms with Gasteiger partial charge in [0.2, 0.25) is 0 Å². The van der Waals surface area contributed by atoms with Crippen molar-refractivity contribution >= 4 is 0 Å². The first-order chi connectivity index (χ1) is 7.75. The van der Waals surface area contributed by atoms with Gasteiger partial charge in [0.15, 0.2) is 0 Å². The van der Waals surface area contributed by atoms with E-state index in [-0.39, 0.29) is 0 Å². The maximum Gasteiger partial charge on any atom is -0.00383 e. The van der Waals surface area contributed by atoms with E-state index in [0.717, 1.165) is 18.9 Å². The zero-order valence-corrected chi connectivity index (χ0v) is 10.1. The van der Waals surface area contributed by atoms with Crippen LogP contribution in [-0.4, -0.2) is 6.54 Å². The number of aryl methyl sites for hydroxylation is 1. The van der Waals surface area contributed by atoms with E-state index >= 15 is 0 Å². The van der Waals surface area contributed by atoms with Gasteiger partial charge in [0.25, 0.3) is 0 Å². The molecule has 1 unspecified atom stereocenters. The highest BCUT2D eigenvalue weighted by Crippen LogP contribution is 2.57. The molecule has 0 radical (unpaired) electrons. The Hall–Kier alpha value is -0.820. The zero-order chi connectivity index (χ0) is 11.2. The Balaban J connectivity index is 2.03. The van der Waals surface area contributed by atoms with Gasteiger partial charge in [-0.3, -0.25) is 0 Å². The van der Waals surface area contributed by atoms with E-state index < -0.39 is 0 Å². The average molecular weight is 215 g/mol. The quantitative estimate of drug-likeness (QED) is 0.805. The van der Waals surface area contributed by atoms with Gasteiger partial charge >= 0.3 is 0 Å². The number of hydrogen-bond acceptors (Lipinski definition) is 1. The summed E-state index contributed by atoms with van der Waals surface area (Å²) in [6.45, 7) is 3.03.